The minimum Gasteiger partial charge on any atom is -0.507 e. The van der Waals surface area contributed by atoms with Gasteiger partial charge in [0, 0.05) is 49.1 Å². The molecule has 0 saturated carbocycles. The number of nitrogens with two attached hydrogens (primary N) is 1. The Hall–Kier alpha value is -3.06. The van der Waals surface area contributed by atoms with Gasteiger partial charge in [0.25, 0.3) is 0 Å². The first-order chi connectivity index (χ1) is 18.4. The minimum absolute atomic E-state index is 0. The molecule has 1 heterocycles. The number of benzene rings is 2. The lowest BCUT2D eigenvalue weighted by atomic mass is 9.72. The second-order valence-electron chi connectivity index (χ2n) is 10.3. The molecule has 2 aromatic rings. The maximum atomic E-state index is 13.7. The summed E-state index contributed by atoms with van der Waals surface area (Å²) < 4.78 is 22.8. The van der Waals surface area contributed by atoms with Gasteiger partial charge in [-0.25, -0.2) is 0 Å². The third-order valence-corrected chi connectivity index (χ3v) is 8.04. The van der Waals surface area contributed by atoms with Gasteiger partial charge in [-0.15, -0.1) is 12.4 Å². The van der Waals surface area contributed by atoms with Crippen molar-refractivity contribution in [3.05, 3.63) is 51.6 Å². The van der Waals surface area contributed by atoms with Crippen LogP contribution in [0.1, 0.15) is 75.8 Å². The molecule has 1 fully saturated rings. The molecule has 0 amide bonds. The van der Waals surface area contributed by atoms with E-state index >= 15 is 0 Å². The van der Waals surface area contributed by atoms with Gasteiger partial charge in [0.2, 0.25) is 5.78 Å². The van der Waals surface area contributed by atoms with Crippen LogP contribution in [0.15, 0.2) is 18.2 Å². The van der Waals surface area contributed by atoms with Gasteiger partial charge in [0.15, 0.2) is 17.9 Å². The van der Waals surface area contributed by atoms with Crippen LogP contribution in [0.2, 0.25) is 0 Å². The first kappa shape index (κ1) is 29.9. The van der Waals surface area contributed by atoms with Gasteiger partial charge in [0.05, 0.1) is 42.1 Å². The summed E-state index contributed by atoms with van der Waals surface area (Å²) in [4.78, 5) is 39.7. The molecule has 3 aliphatic rings. The van der Waals surface area contributed by atoms with Crippen molar-refractivity contribution in [1.29, 1.82) is 0 Å². The Morgan fingerprint density at radius 2 is 1.77 bits per heavy atom. The third kappa shape index (κ3) is 4.47. The molecule has 0 aromatic heterocycles. The van der Waals surface area contributed by atoms with Crippen LogP contribution in [-0.4, -0.2) is 77.0 Å². The number of Topliss-reactive ketones (excluding diaryl/α,β-unsaturated/α-hetero) is 1. The van der Waals surface area contributed by atoms with Crippen molar-refractivity contribution in [2.24, 2.45) is 5.73 Å². The number of methoxy groups -OCH3 is 2. The van der Waals surface area contributed by atoms with Crippen molar-refractivity contribution >= 4 is 29.8 Å². The Kier molecular flexibility index (Phi) is 8.03. The van der Waals surface area contributed by atoms with E-state index in [0.29, 0.717) is 0 Å². The molecule has 0 unspecified atom stereocenters. The van der Waals surface area contributed by atoms with Crippen LogP contribution < -0.4 is 10.5 Å². The Bertz CT molecular complexity index is 1380. The number of carbonyl (C=O) groups is 3. The molecule has 40 heavy (non-hydrogen) atoms. The lowest BCUT2D eigenvalue weighted by molar-refractivity contribution is -0.250. The molecule has 0 spiro atoms. The molecule has 5 N–H and O–H groups in total. The molecular formula is C28H32ClNO10. The number of fused-ring (bicyclic) bond motifs is 3. The normalized spacial score (nSPS) is 29.1. The van der Waals surface area contributed by atoms with Gasteiger partial charge in [0.1, 0.15) is 22.8 Å². The van der Waals surface area contributed by atoms with Gasteiger partial charge < -0.3 is 40.0 Å². The summed E-state index contributed by atoms with van der Waals surface area (Å²) in [5, 5.41) is 34.2. The Morgan fingerprint density at radius 1 is 1.10 bits per heavy atom. The number of hydrogen-bond acceptors (Lipinski definition) is 11. The molecule has 2 aromatic carbocycles. The van der Waals surface area contributed by atoms with Crippen LogP contribution in [0, 0.1) is 0 Å². The maximum Gasteiger partial charge on any atom is 0.202 e. The van der Waals surface area contributed by atoms with Gasteiger partial charge in [-0.1, -0.05) is 12.1 Å². The van der Waals surface area contributed by atoms with Crippen molar-refractivity contribution in [2.75, 3.05) is 14.2 Å². The van der Waals surface area contributed by atoms with Crippen LogP contribution in [0.3, 0.4) is 0 Å². The molecule has 11 nitrogen and oxygen atoms in total. The highest BCUT2D eigenvalue weighted by Crippen LogP contribution is 2.52. The number of ether oxygens (including phenoxy) is 4. The van der Waals surface area contributed by atoms with Gasteiger partial charge in [-0.05, 0) is 19.9 Å². The van der Waals surface area contributed by atoms with Crippen molar-refractivity contribution in [1.82, 2.24) is 0 Å². The van der Waals surface area contributed by atoms with E-state index in [-0.39, 0.29) is 59.4 Å². The zero-order chi connectivity index (χ0) is 28.4. The van der Waals surface area contributed by atoms with Crippen LogP contribution in [-0.2, 0) is 25.4 Å². The average molecular weight is 578 g/mol. The molecule has 216 valence electrons. The van der Waals surface area contributed by atoms with E-state index in [0.717, 1.165) is 0 Å². The molecule has 0 bridgehead atoms. The molecule has 6 atom stereocenters. The largest absolute Gasteiger partial charge is 0.507 e. The lowest BCUT2D eigenvalue weighted by Gasteiger charge is -2.42. The van der Waals surface area contributed by atoms with E-state index in [1.807, 2.05) is 0 Å². The summed E-state index contributed by atoms with van der Waals surface area (Å²) in [7, 11) is 2.87. The molecule has 12 heteroatoms. The average Bonchev–Trinajstić information content (AvgIpc) is 2.88. The topological polar surface area (TPSA) is 175 Å². The number of phenols is 2. The molecule has 0 radical (unpaired) electrons. The Morgan fingerprint density at radius 3 is 2.38 bits per heavy atom. The summed E-state index contributed by atoms with van der Waals surface area (Å²) in [6.07, 6.45) is -3.43. The Labute approximate surface area is 236 Å². The highest BCUT2D eigenvalue weighted by Gasteiger charge is 2.49. The van der Waals surface area contributed by atoms with E-state index in [4.69, 9.17) is 24.7 Å². The van der Waals surface area contributed by atoms with Crippen LogP contribution in [0.25, 0.3) is 0 Å². The quantitative estimate of drug-likeness (QED) is 0.327. The molecule has 1 aliphatic heterocycles. The molecule has 1 saturated heterocycles. The lowest BCUT2D eigenvalue weighted by Crippen LogP contribution is -2.53. The van der Waals surface area contributed by atoms with E-state index in [1.165, 1.54) is 39.3 Å². The zero-order valence-corrected chi connectivity index (χ0v) is 23.2. The fourth-order valence-corrected chi connectivity index (χ4v) is 6.02. The SMILES string of the molecule is COc1cccc2c1C(=O)c1c(O)c3c(c(O)c1C2=O)C[C@@](O)(C(C)=O)C[C@@H]3O[C@H]1C[C@H](N)[C@@H](OC)[C@H](C)O1.Cl. The predicted octanol–water partition coefficient (Wildman–Crippen LogP) is 2.10. The number of rotatable bonds is 5. The van der Waals surface area contributed by atoms with Gasteiger partial charge in [-0.2, -0.15) is 0 Å². The molecule has 2 aliphatic carbocycles. The van der Waals surface area contributed by atoms with E-state index < -0.39 is 76.5 Å². The van der Waals surface area contributed by atoms with Crippen LogP contribution >= 0.6 is 12.4 Å². The summed E-state index contributed by atoms with van der Waals surface area (Å²) in [5.74, 6) is -3.06. The van der Waals surface area contributed by atoms with Crippen LogP contribution in [0.4, 0.5) is 0 Å². The van der Waals surface area contributed by atoms with Crippen LogP contribution in [0.5, 0.6) is 17.2 Å². The first-order valence-corrected chi connectivity index (χ1v) is 12.6. The number of carbonyl (C=O) groups excluding carboxylic acids is 3. The summed E-state index contributed by atoms with van der Waals surface area (Å²) >= 11 is 0. The number of ketones is 3. The van der Waals surface area contributed by atoms with Gasteiger partial charge >= 0.3 is 0 Å². The van der Waals surface area contributed by atoms with Crippen molar-refractivity contribution in [3.63, 3.8) is 0 Å². The summed E-state index contributed by atoms with van der Waals surface area (Å²) in [5.41, 5.74) is 3.36. The molecular weight excluding hydrogens is 546 g/mol. The maximum absolute atomic E-state index is 13.7. The smallest absolute Gasteiger partial charge is 0.202 e. The number of phenolic OH excluding ortho intramolecular Hbond substituents is 2. The van der Waals surface area contributed by atoms with Crippen molar-refractivity contribution in [3.8, 4) is 17.2 Å². The fraction of sp³-hybridized carbons (Fsp3) is 0.464. The fourth-order valence-electron chi connectivity index (χ4n) is 6.02. The monoisotopic (exact) mass is 577 g/mol. The molecule has 5 rings (SSSR count). The highest BCUT2D eigenvalue weighted by atomic mass is 35.5. The standard InChI is InChI=1S/C28H31NO10.ClH/c1-11-27(37-4)15(29)8-18(38-11)39-17-10-28(35,12(2)30)9-14-20(17)26(34)22-21(24(14)32)23(31)13-6-5-7-16(36-3)19(13)25(22)33;/h5-7,11,15,17-18,27,32,34-35H,8-10,29H2,1-4H3;1H/t11-,15-,17-,18-,27-,28-;/m0./s1. The predicted molar refractivity (Wildman–Crippen MR) is 142 cm³/mol. The minimum atomic E-state index is -1.98. The second kappa shape index (κ2) is 10.7. The second-order valence-corrected chi connectivity index (χ2v) is 10.3. The third-order valence-electron chi connectivity index (χ3n) is 8.04. The number of hydrogen-bond donors (Lipinski definition) is 4. The number of aliphatic hydroxyl groups is 1. The highest BCUT2D eigenvalue weighted by molar-refractivity contribution is 6.31. The first-order valence-electron chi connectivity index (χ1n) is 12.6. The van der Waals surface area contributed by atoms with Crippen molar-refractivity contribution in [2.45, 2.75) is 69.4 Å². The van der Waals surface area contributed by atoms with E-state index in [9.17, 15) is 29.7 Å². The zero-order valence-electron chi connectivity index (χ0n) is 22.4. The number of halogens is 1. The summed E-state index contributed by atoms with van der Waals surface area (Å²) in [6, 6.07) is 4.02. The van der Waals surface area contributed by atoms with Gasteiger partial charge in [-0.3, -0.25) is 14.4 Å². The summed E-state index contributed by atoms with van der Waals surface area (Å²) in [6.45, 7) is 2.96. The van der Waals surface area contributed by atoms with E-state index in [2.05, 4.69) is 0 Å². The van der Waals surface area contributed by atoms with E-state index in [1.54, 1.807) is 6.92 Å². The Balaban J connectivity index is 0.00000370. The van der Waals surface area contributed by atoms with Crippen molar-refractivity contribution < 1.29 is 48.7 Å². The number of aromatic hydroxyl groups is 2.